The zero-order valence-electron chi connectivity index (χ0n) is 13.9. The first-order valence-electron chi connectivity index (χ1n) is 8.45. The van der Waals surface area contributed by atoms with E-state index >= 15 is 0 Å². The van der Waals surface area contributed by atoms with Crippen LogP contribution in [0.4, 0.5) is 0 Å². The van der Waals surface area contributed by atoms with Crippen LogP contribution in [-0.2, 0) is 13.6 Å². The molecule has 5 heteroatoms. The van der Waals surface area contributed by atoms with Gasteiger partial charge in [-0.15, -0.1) is 0 Å². The topological polar surface area (TPSA) is 38.8 Å². The van der Waals surface area contributed by atoms with Crippen LogP contribution in [0, 0.1) is 23.2 Å². The summed E-state index contributed by atoms with van der Waals surface area (Å²) in [4.78, 5) is 0. The van der Waals surface area contributed by atoms with E-state index in [0.717, 1.165) is 17.8 Å². The van der Waals surface area contributed by atoms with Crippen molar-refractivity contribution in [3.8, 4) is 0 Å². The predicted octanol–water partition coefficient (Wildman–Crippen LogP) is 4.31. The SMILES string of the molecule is CCN(C(C)C12CC3CC(CC(C3)C1)C2)P(=O)(OC)OC. The molecule has 4 fully saturated rings. The first-order valence-corrected chi connectivity index (χ1v) is 9.94. The molecule has 0 radical (unpaired) electrons. The van der Waals surface area contributed by atoms with E-state index in [-0.39, 0.29) is 6.04 Å². The fourth-order valence-electron chi connectivity index (χ4n) is 5.95. The molecule has 4 aliphatic carbocycles. The molecular formula is C16H30NO3P. The Kier molecular flexibility index (Phi) is 4.29. The maximum absolute atomic E-state index is 12.9. The van der Waals surface area contributed by atoms with Gasteiger partial charge in [0.25, 0.3) is 0 Å². The summed E-state index contributed by atoms with van der Waals surface area (Å²) in [5.74, 6) is 2.71. The van der Waals surface area contributed by atoms with Gasteiger partial charge in [0.1, 0.15) is 0 Å². The molecule has 0 aromatic rings. The summed E-state index contributed by atoms with van der Waals surface area (Å²) in [7, 11) is -0.138. The molecule has 4 saturated carbocycles. The predicted molar refractivity (Wildman–Crippen MR) is 84.1 cm³/mol. The lowest BCUT2D eigenvalue weighted by Gasteiger charge is -2.60. The zero-order valence-corrected chi connectivity index (χ0v) is 14.8. The van der Waals surface area contributed by atoms with Crippen molar-refractivity contribution in [2.24, 2.45) is 23.2 Å². The van der Waals surface area contributed by atoms with Crippen molar-refractivity contribution >= 4 is 7.75 Å². The van der Waals surface area contributed by atoms with E-state index < -0.39 is 7.75 Å². The van der Waals surface area contributed by atoms with Gasteiger partial charge in [0.15, 0.2) is 0 Å². The van der Waals surface area contributed by atoms with Crippen LogP contribution in [0.25, 0.3) is 0 Å². The first-order chi connectivity index (χ1) is 9.96. The molecule has 0 saturated heterocycles. The molecule has 4 aliphatic rings. The second-order valence-corrected chi connectivity index (χ2v) is 9.73. The highest BCUT2D eigenvalue weighted by molar-refractivity contribution is 7.51. The molecule has 0 heterocycles. The molecule has 1 atom stereocenters. The molecule has 0 aliphatic heterocycles. The van der Waals surface area contributed by atoms with Crippen LogP contribution in [0.3, 0.4) is 0 Å². The molecule has 1 unspecified atom stereocenters. The molecule has 21 heavy (non-hydrogen) atoms. The Morgan fingerprint density at radius 2 is 1.52 bits per heavy atom. The van der Waals surface area contributed by atoms with Crippen LogP contribution in [0.5, 0.6) is 0 Å². The minimum Gasteiger partial charge on any atom is -0.300 e. The van der Waals surface area contributed by atoms with Gasteiger partial charge < -0.3 is 0 Å². The third-order valence-electron chi connectivity index (χ3n) is 6.52. The van der Waals surface area contributed by atoms with Crippen LogP contribution in [0.2, 0.25) is 0 Å². The number of rotatable bonds is 6. The third kappa shape index (κ3) is 2.52. The van der Waals surface area contributed by atoms with Crippen LogP contribution in [-0.4, -0.2) is 31.5 Å². The van der Waals surface area contributed by atoms with E-state index in [2.05, 4.69) is 13.8 Å². The van der Waals surface area contributed by atoms with Gasteiger partial charge >= 0.3 is 7.75 Å². The van der Waals surface area contributed by atoms with E-state index in [1.54, 1.807) is 0 Å². The standard InChI is InChI=1S/C16H30NO3P/c1-5-17(21(18,19-3)20-4)12(2)16-9-13-6-14(10-16)8-15(7-13)11-16/h12-15H,5-11H2,1-4H3. The normalized spacial score (nSPS) is 40.0. The Morgan fingerprint density at radius 1 is 1.10 bits per heavy atom. The molecule has 0 N–H and O–H groups in total. The van der Waals surface area contributed by atoms with Gasteiger partial charge in [0.05, 0.1) is 0 Å². The minimum absolute atomic E-state index is 0.265. The highest BCUT2D eigenvalue weighted by Gasteiger charge is 2.55. The maximum Gasteiger partial charge on any atom is 0.407 e. The zero-order chi connectivity index (χ0) is 15.3. The van der Waals surface area contributed by atoms with Gasteiger partial charge in [-0.1, -0.05) is 6.92 Å². The quantitative estimate of drug-likeness (QED) is 0.685. The van der Waals surface area contributed by atoms with Crippen LogP contribution >= 0.6 is 7.75 Å². The van der Waals surface area contributed by atoms with Crippen molar-refractivity contribution in [2.75, 3.05) is 20.8 Å². The summed E-state index contributed by atoms with van der Waals surface area (Å²) < 4.78 is 25.5. The van der Waals surface area contributed by atoms with Crippen molar-refractivity contribution in [3.05, 3.63) is 0 Å². The lowest BCUT2D eigenvalue weighted by atomic mass is 9.48. The lowest BCUT2D eigenvalue weighted by molar-refractivity contribution is -0.0867. The van der Waals surface area contributed by atoms with Crippen molar-refractivity contribution < 1.29 is 13.6 Å². The Morgan fingerprint density at radius 3 is 1.86 bits per heavy atom. The Labute approximate surface area is 129 Å². The van der Waals surface area contributed by atoms with Gasteiger partial charge in [-0.3, -0.25) is 9.05 Å². The van der Waals surface area contributed by atoms with Gasteiger partial charge in [-0.25, -0.2) is 9.24 Å². The molecular weight excluding hydrogens is 285 g/mol. The molecule has 4 nitrogen and oxygen atoms in total. The van der Waals surface area contributed by atoms with Crippen LogP contribution in [0.1, 0.15) is 52.4 Å². The molecule has 4 rings (SSSR count). The smallest absolute Gasteiger partial charge is 0.300 e. The fraction of sp³-hybridized carbons (Fsp3) is 1.00. The highest BCUT2D eigenvalue weighted by atomic mass is 31.2. The molecule has 0 spiro atoms. The average Bonchev–Trinajstić information content (AvgIpc) is 2.46. The summed E-state index contributed by atoms with van der Waals surface area (Å²) in [6, 6.07) is 0.265. The Hall–Kier alpha value is 0.110. The third-order valence-corrected chi connectivity index (χ3v) is 8.70. The summed E-state index contributed by atoms with van der Waals surface area (Å²) in [6.07, 6.45) is 8.23. The minimum atomic E-state index is -3.14. The van der Waals surface area contributed by atoms with Gasteiger partial charge in [0.2, 0.25) is 0 Å². The summed E-state index contributed by atoms with van der Waals surface area (Å²) in [5.41, 5.74) is 0.331. The number of hydrogen-bond donors (Lipinski definition) is 0. The molecule has 4 bridgehead atoms. The van der Waals surface area contributed by atoms with Crippen LogP contribution < -0.4 is 0 Å². The second-order valence-electron chi connectivity index (χ2n) is 7.55. The van der Waals surface area contributed by atoms with Crippen molar-refractivity contribution in [3.63, 3.8) is 0 Å². The van der Waals surface area contributed by atoms with Crippen LogP contribution in [0.15, 0.2) is 0 Å². The lowest BCUT2D eigenvalue weighted by Crippen LogP contribution is -2.55. The summed E-state index contributed by atoms with van der Waals surface area (Å²) >= 11 is 0. The van der Waals surface area contributed by atoms with E-state index in [1.165, 1.54) is 52.7 Å². The molecule has 0 aromatic heterocycles. The molecule has 0 aromatic carbocycles. The largest absolute Gasteiger partial charge is 0.407 e. The first kappa shape index (κ1) is 16.0. The summed E-state index contributed by atoms with van der Waals surface area (Å²) in [6.45, 7) is 5.02. The van der Waals surface area contributed by atoms with E-state index in [1.807, 2.05) is 4.67 Å². The van der Waals surface area contributed by atoms with Crippen molar-refractivity contribution in [1.82, 2.24) is 4.67 Å². The average molecular weight is 315 g/mol. The van der Waals surface area contributed by atoms with Crippen molar-refractivity contribution in [1.29, 1.82) is 0 Å². The highest BCUT2D eigenvalue weighted by Crippen LogP contribution is 2.64. The summed E-state index contributed by atoms with van der Waals surface area (Å²) in [5, 5.41) is 0. The number of hydrogen-bond acceptors (Lipinski definition) is 3. The Bertz CT molecular complexity index is 396. The fourth-order valence-corrected chi connectivity index (χ4v) is 7.53. The number of nitrogens with zero attached hydrogens (tertiary/aromatic N) is 1. The van der Waals surface area contributed by atoms with E-state index in [4.69, 9.17) is 9.05 Å². The van der Waals surface area contributed by atoms with Gasteiger partial charge in [0, 0.05) is 26.8 Å². The maximum atomic E-state index is 12.9. The van der Waals surface area contributed by atoms with Gasteiger partial charge in [-0.2, -0.15) is 0 Å². The van der Waals surface area contributed by atoms with E-state index in [0.29, 0.717) is 12.0 Å². The molecule has 0 amide bonds. The van der Waals surface area contributed by atoms with Gasteiger partial charge in [-0.05, 0) is 68.6 Å². The Balaban J connectivity index is 1.86. The molecule has 122 valence electrons. The monoisotopic (exact) mass is 315 g/mol. The van der Waals surface area contributed by atoms with E-state index in [9.17, 15) is 4.57 Å². The second kappa shape index (κ2) is 5.63. The van der Waals surface area contributed by atoms with Crippen molar-refractivity contribution in [2.45, 2.75) is 58.4 Å².